The first-order valence-corrected chi connectivity index (χ1v) is 11.1. The van der Waals surface area contributed by atoms with Crippen LogP contribution in [0, 0.1) is 5.92 Å². The van der Waals surface area contributed by atoms with E-state index in [1.165, 1.54) is 89.9 Å². The molecule has 2 atom stereocenters. The van der Waals surface area contributed by atoms with Crippen LogP contribution in [0.3, 0.4) is 0 Å². The summed E-state index contributed by atoms with van der Waals surface area (Å²) in [6, 6.07) is 0. The lowest BCUT2D eigenvalue weighted by atomic mass is 9.95. The quantitative estimate of drug-likeness (QED) is 0.204. The molecular weight excluding hydrogens is 320 g/mol. The van der Waals surface area contributed by atoms with Gasteiger partial charge in [0.1, 0.15) is 0 Å². The normalized spacial score (nSPS) is 14.0. The summed E-state index contributed by atoms with van der Waals surface area (Å²) < 4.78 is 5.70. The summed E-state index contributed by atoms with van der Waals surface area (Å²) in [6.45, 7) is 5.70. The third-order valence-corrected chi connectivity index (χ3v) is 5.13. The van der Waals surface area contributed by atoms with E-state index in [1.807, 2.05) is 0 Å². The van der Waals surface area contributed by atoms with Crippen molar-refractivity contribution >= 4 is 11.6 Å². The van der Waals surface area contributed by atoms with Crippen LogP contribution in [-0.4, -0.2) is 30.3 Å². The Morgan fingerprint density at radius 3 is 1.62 bits per heavy atom. The molecule has 0 amide bonds. The van der Waals surface area contributed by atoms with Crippen molar-refractivity contribution in [2.75, 3.05) is 19.1 Å². The zero-order valence-electron chi connectivity index (χ0n) is 16.4. The van der Waals surface area contributed by atoms with Gasteiger partial charge in [0.15, 0.2) is 0 Å². The number of halogens is 1. The van der Waals surface area contributed by atoms with Crippen LogP contribution in [0.15, 0.2) is 0 Å². The average molecular weight is 363 g/mol. The van der Waals surface area contributed by atoms with E-state index in [-0.39, 0.29) is 5.88 Å². The molecule has 0 heterocycles. The van der Waals surface area contributed by atoms with Crippen LogP contribution in [0.25, 0.3) is 0 Å². The lowest BCUT2D eigenvalue weighted by Gasteiger charge is -2.18. The molecule has 0 aromatic rings. The lowest BCUT2D eigenvalue weighted by molar-refractivity contribution is 0.0269. The molecule has 3 heteroatoms. The largest absolute Gasteiger partial charge is 0.389 e. The molecule has 0 rings (SSSR count). The zero-order chi connectivity index (χ0) is 17.9. The summed E-state index contributed by atoms with van der Waals surface area (Å²) in [7, 11) is 0. The maximum absolute atomic E-state index is 9.50. The average Bonchev–Trinajstić information content (AvgIpc) is 2.59. The first-order valence-electron chi connectivity index (χ1n) is 10.6. The number of ether oxygens (including phenoxy) is 1. The molecule has 1 N–H and O–H groups in total. The Balaban J connectivity index is 3.80. The molecule has 0 aromatic carbocycles. The number of unbranched alkanes of at least 4 members (excludes halogenated alkanes) is 10. The molecule has 0 unspecified atom stereocenters. The summed E-state index contributed by atoms with van der Waals surface area (Å²) in [4.78, 5) is 0. The second-order valence-electron chi connectivity index (χ2n) is 7.32. The van der Waals surface area contributed by atoms with E-state index in [2.05, 4.69) is 13.8 Å². The van der Waals surface area contributed by atoms with Crippen LogP contribution in [0.2, 0.25) is 0 Å². The molecule has 0 aliphatic heterocycles. The first-order chi connectivity index (χ1) is 11.7. The topological polar surface area (TPSA) is 29.5 Å². The minimum atomic E-state index is -0.518. The van der Waals surface area contributed by atoms with Gasteiger partial charge in [-0.1, -0.05) is 90.9 Å². The highest BCUT2D eigenvalue weighted by Gasteiger charge is 2.10. The molecular formula is C21H43ClO2. The highest BCUT2D eigenvalue weighted by molar-refractivity contribution is 6.18. The van der Waals surface area contributed by atoms with Gasteiger partial charge < -0.3 is 9.84 Å². The summed E-state index contributed by atoms with van der Waals surface area (Å²) >= 11 is 5.62. The number of aliphatic hydroxyl groups excluding tert-OH is 1. The molecule has 2 nitrogen and oxygen atoms in total. The van der Waals surface area contributed by atoms with Gasteiger partial charge in [0.05, 0.1) is 18.6 Å². The molecule has 0 fully saturated rings. The van der Waals surface area contributed by atoms with Crippen LogP contribution in [0.5, 0.6) is 0 Å². The Morgan fingerprint density at radius 1 is 0.708 bits per heavy atom. The fourth-order valence-electron chi connectivity index (χ4n) is 3.15. The van der Waals surface area contributed by atoms with Crippen molar-refractivity contribution in [3.63, 3.8) is 0 Å². The molecule has 0 radical (unpaired) electrons. The predicted molar refractivity (Wildman–Crippen MR) is 107 cm³/mol. The number of hydrogen-bond acceptors (Lipinski definition) is 2. The van der Waals surface area contributed by atoms with Gasteiger partial charge in [-0.15, -0.1) is 11.6 Å². The Bertz CT molecular complexity index is 236. The molecule has 0 aromatic heterocycles. The number of aliphatic hydroxyl groups is 1. The zero-order valence-corrected chi connectivity index (χ0v) is 17.2. The van der Waals surface area contributed by atoms with Crippen molar-refractivity contribution in [2.24, 2.45) is 5.92 Å². The molecule has 0 saturated carbocycles. The van der Waals surface area contributed by atoms with Crippen LogP contribution < -0.4 is 0 Å². The van der Waals surface area contributed by atoms with E-state index >= 15 is 0 Å². The van der Waals surface area contributed by atoms with Gasteiger partial charge in [0, 0.05) is 6.61 Å². The fourth-order valence-corrected chi connectivity index (χ4v) is 3.24. The van der Waals surface area contributed by atoms with Crippen LogP contribution in [-0.2, 0) is 4.74 Å². The highest BCUT2D eigenvalue weighted by Crippen LogP contribution is 2.19. The Hall–Kier alpha value is 0.210. The van der Waals surface area contributed by atoms with Gasteiger partial charge in [-0.05, 0) is 18.8 Å². The summed E-state index contributed by atoms with van der Waals surface area (Å²) in [5.41, 5.74) is 0. The Kier molecular flexibility index (Phi) is 19.7. The fraction of sp³-hybridized carbons (Fsp3) is 1.00. The maximum Gasteiger partial charge on any atom is 0.0908 e. The Labute approximate surface area is 156 Å². The highest BCUT2D eigenvalue weighted by atomic mass is 35.5. The van der Waals surface area contributed by atoms with E-state index in [9.17, 15) is 5.11 Å². The SMILES string of the molecule is CCCCCCCCC[C@@H](CCCCCCC)COC[C@H](O)CCl. The minimum absolute atomic E-state index is 0.263. The molecule has 0 aliphatic rings. The Morgan fingerprint density at radius 2 is 1.17 bits per heavy atom. The van der Waals surface area contributed by atoms with Gasteiger partial charge in [-0.2, -0.15) is 0 Å². The van der Waals surface area contributed by atoms with E-state index < -0.39 is 6.10 Å². The molecule has 0 aliphatic carbocycles. The van der Waals surface area contributed by atoms with E-state index in [0.29, 0.717) is 12.5 Å². The van der Waals surface area contributed by atoms with Crippen molar-refractivity contribution in [1.82, 2.24) is 0 Å². The first kappa shape index (κ1) is 24.2. The third kappa shape index (κ3) is 17.0. The minimum Gasteiger partial charge on any atom is -0.389 e. The summed E-state index contributed by atoms with van der Waals surface area (Å²) in [5.74, 6) is 0.921. The van der Waals surface area contributed by atoms with Crippen molar-refractivity contribution in [2.45, 2.75) is 110 Å². The second kappa shape index (κ2) is 19.5. The van der Waals surface area contributed by atoms with Gasteiger partial charge in [0.2, 0.25) is 0 Å². The maximum atomic E-state index is 9.50. The third-order valence-electron chi connectivity index (χ3n) is 4.77. The summed E-state index contributed by atoms with van der Waals surface area (Å²) in [6.07, 6.45) is 18.3. The monoisotopic (exact) mass is 362 g/mol. The van der Waals surface area contributed by atoms with Crippen LogP contribution in [0.4, 0.5) is 0 Å². The number of hydrogen-bond donors (Lipinski definition) is 1. The standard InChI is InChI=1S/C21H43ClO2/c1-3-5-7-9-10-12-14-16-20(15-13-11-8-6-4-2)18-24-19-21(23)17-22/h20-21,23H,3-19H2,1-2H3/t20-,21-/m1/s1. The van der Waals surface area contributed by atoms with Crippen molar-refractivity contribution in [1.29, 1.82) is 0 Å². The predicted octanol–water partition coefficient (Wildman–Crippen LogP) is 6.72. The molecule has 24 heavy (non-hydrogen) atoms. The van der Waals surface area contributed by atoms with Crippen LogP contribution in [0.1, 0.15) is 104 Å². The van der Waals surface area contributed by atoms with Crippen molar-refractivity contribution < 1.29 is 9.84 Å². The molecule has 0 bridgehead atoms. The number of alkyl halides is 1. The van der Waals surface area contributed by atoms with E-state index in [4.69, 9.17) is 16.3 Å². The summed E-state index contributed by atoms with van der Waals surface area (Å²) in [5, 5.41) is 9.50. The van der Waals surface area contributed by atoms with Gasteiger partial charge in [-0.25, -0.2) is 0 Å². The second-order valence-corrected chi connectivity index (χ2v) is 7.63. The van der Waals surface area contributed by atoms with E-state index in [1.54, 1.807) is 0 Å². The van der Waals surface area contributed by atoms with E-state index in [0.717, 1.165) is 6.61 Å². The van der Waals surface area contributed by atoms with Crippen molar-refractivity contribution in [3.8, 4) is 0 Å². The van der Waals surface area contributed by atoms with Crippen molar-refractivity contribution in [3.05, 3.63) is 0 Å². The molecule has 0 spiro atoms. The smallest absolute Gasteiger partial charge is 0.0908 e. The van der Waals surface area contributed by atoms with Gasteiger partial charge in [-0.3, -0.25) is 0 Å². The lowest BCUT2D eigenvalue weighted by Crippen LogP contribution is -2.20. The van der Waals surface area contributed by atoms with Gasteiger partial charge in [0.25, 0.3) is 0 Å². The molecule has 146 valence electrons. The van der Waals surface area contributed by atoms with Gasteiger partial charge >= 0.3 is 0 Å². The molecule has 0 saturated heterocycles. The number of rotatable bonds is 19. The van der Waals surface area contributed by atoms with Crippen LogP contribution >= 0.6 is 11.6 Å².